The van der Waals surface area contributed by atoms with E-state index >= 15 is 0 Å². The number of benzene rings is 1. The molecule has 110 valence electrons. The van der Waals surface area contributed by atoms with E-state index in [-0.39, 0.29) is 0 Å². The molecule has 0 amide bonds. The summed E-state index contributed by atoms with van der Waals surface area (Å²) in [6.07, 6.45) is 6.70. The van der Waals surface area contributed by atoms with Crippen molar-refractivity contribution in [2.45, 2.75) is 58.5 Å². The summed E-state index contributed by atoms with van der Waals surface area (Å²) in [7, 11) is 0. The van der Waals surface area contributed by atoms with Crippen LogP contribution in [0.1, 0.15) is 51.5 Å². The highest BCUT2D eigenvalue weighted by Crippen LogP contribution is 2.38. The zero-order valence-corrected chi connectivity index (χ0v) is 13.0. The van der Waals surface area contributed by atoms with Crippen LogP contribution in [0.15, 0.2) is 24.3 Å². The second-order valence-corrected chi connectivity index (χ2v) is 6.70. The predicted octanol–water partition coefficient (Wildman–Crippen LogP) is 3.96. The van der Waals surface area contributed by atoms with Gasteiger partial charge in [-0.3, -0.25) is 0 Å². The molecule has 1 aromatic carbocycles. The highest BCUT2D eigenvalue weighted by atomic mass is 15.2. The van der Waals surface area contributed by atoms with Crippen molar-refractivity contribution in [3.63, 3.8) is 0 Å². The highest BCUT2D eigenvalue weighted by Gasteiger charge is 2.34. The Morgan fingerprint density at radius 1 is 1.15 bits per heavy atom. The smallest absolute Gasteiger partial charge is 0.0366 e. The van der Waals surface area contributed by atoms with E-state index in [0.29, 0.717) is 5.41 Å². The third kappa shape index (κ3) is 3.01. The van der Waals surface area contributed by atoms with Gasteiger partial charge in [0.15, 0.2) is 0 Å². The van der Waals surface area contributed by atoms with E-state index in [4.69, 9.17) is 0 Å². The minimum atomic E-state index is 0.562. The Morgan fingerprint density at radius 3 is 2.40 bits per heavy atom. The van der Waals surface area contributed by atoms with E-state index in [0.717, 1.165) is 12.6 Å². The summed E-state index contributed by atoms with van der Waals surface area (Å²) in [5, 5.41) is 3.58. The van der Waals surface area contributed by atoms with E-state index < -0.39 is 0 Å². The van der Waals surface area contributed by atoms with Crippen molar-refractivity contribution >= 4 is 5.69 Å². The van der Waals surface area contributed by atoms with E-state index in [1.54, 1.807) is 0 Å². The number of hydrogen-bond acceptors (Lipinski definition) is 2. The van der Waals surface area contributed by atoms with Crippen LogP contribution in [0.4, 0.5) is 5.69 Å². The average Bonchev–Trinajstić information content (AvgIpc) is 3.23. The van der Waals surface area contributed by atoms with Gasteiger partial charge in [0.05, 0.1) is 0 Å². The van der Waals surface area contributed by atoms with Crippen molar-refractivity contribution in [1.29, 1.82) is 0 Å². The topological polar surface area (TPSA) is 15.3 Å². The first kappa shape index (κ1) is 13.9. The molecule has 1 aliphatic heterocycles. The molecule has 1 saturated carbocycles. The van der Waals surface area contributed by atoms with Crippen LogP contribution in [0.3, 0.4) is 0 Å². The number of nitrogens with zero attached hydrogens (tertiary/aromatic N) is 1. The molecule has 1 heterocycles. The van der Waals surface area contributed by atoms with Gasteiger partial charge >= 0.3 is 0 Å². The maximum absolute atomic E-state index is 3.58. The highest BCUT2D eigenvalue weighted by molar-refractivity contribution is 5.49. The molecule has 1 aromatic rings. The quantitative estimate of drug-likeness (QED) is 0.843. The summed E-state index contributed by atoms with van der Waals surface area (Å²) in [6.45, 7) is 8.18. The maximum Gasteiger partial charge on any atom is 0.0366 e. The third-order valence-corrected chi connectivity index (χ3v) is 5.41. The van der Waals surface area contributed by atoms with E-state index in [1.165, 1.54) is 56.4 Å². The van der Waals surface area contributed by atoms with Crippen molar-refractivity contribution in [1.82, 2.24) is 5.32 Å². The van der Waals surface area contributed by atoms with Crippen molar-refractivity contribution in [2.24, 2.45) is 5.41 Å². The summed E-state index contributed by atoms with van der Waals surface area (Å²) in [4.78, 5) is 2.57. The first-order valence-electron chi connectivity index (χ1n) is 8.32. The lowest BCUT2D eigenvalue weighted by atomic mass is 9.82. The summed E-state index contributed by atoms with van der Waals surface area (Å²) in [5.74, 6) is 0. The Labute approximate surface area is 123 Å². The molecule has 0 radical (unpaired) electrons. The largest absolute Gasteiger partial charge is 0.371 e. The van der Waals surface area contributed by atoms with Crippen LogP contribution >= 0.6 is 0 Å². The molecule has 1 saturated heterocycles. The number of hydrogen-bond donors (Lipinski definition) is 1. The summed E-state index contributed by atoms with van der Waals surface area (Å²) < 4.78 is 0. The number of nitrogens with one attached hydrogen (secondary N) is 1. The van der Waals surface area contributed by atoms with E-state index in [2.05, 4.69) is 48.3 Å². The molecule has 0 unspecified atom stereocenters. The molecule has 3 rings (SSSR count). The van der Waals surface area contributed by atoms with Gasteiger partial charge in [0, 0.05) is 31.4 Å². The van der Waals surface area contributed by atoms with E-state index in [9.17, 15) is 0 Å². The standard InChI is InChI=1S/C18H28N2/c1-3-18(4-2)11-12-20(14-18)17-9-5-15(6-10-17)13-19-16-7-8-16/h5-6,9-10,16,19H,3-4,7-8,11-14H2,1-2H3. The lowest BCUT2D eigenvalue weighted by Gasteiger charge is -2.27. The molecular weight excluding hydrogens is 244 g/mol. The molecule has 0 spiro atoms. The molecule has 2 fully saturated rings. The lowest BCUT2D eigenvalue weighted by molar-refractivity contribution is 0.301. The monoisotopic (exact) mass is 272 g/mol. The number of anilines is 1. The van der Waals surface area contributed by atoms with Gasteiger partial charge in [-0.15, -0.1) is 0 Å². The third-order valence-electron chi connectivity index (χ3n) is 5.41. The maximum atomic E-state index is 3.58. The van der Waals surface area contributed by atoms with Crippen molar-refractivity contribution in [3.8, 4) is 0 Å². The van der Waals surface area contributed by atoms with Crippen LogP contribution in [0.5, 0.6) is 0 Å². The van der Waals surface area contributed by atoms with Gasteiger partial charge in [0.1, 0.15) is 0 Å². The molecule has 0 atom stereocenters. The summed E-state index contributed by atoms with van der Waals surface area (Å²) >= 11 is 0. The molecule has 1 aliphatic carbocycles. The van der Waals surface area contributed by atoms with Crippen LogP contribution in [-0.4, -0.2) is 19.1 Å². The van der Waals surface area contributed by atoms with E-state index in [1.807, 2.05) is 0 Å². The zero-order valence-electron chi connectivity index (χ0n) is 13.0. The minimum absolute atomic E-state index is 0.562. The fourth-order valence-corrected chi connectivity index (χ4v) is 3.36. The van der Waals surface area contributed by atoms with Gasteiger partial charge in [-0.1, -0.05) is 26.0 Å². The second kappa shape index (κ2) is 5.77. The first-order valence-corrected chi connectivity index (χ1v) is 8.32. The summed E-state index contributed by atoms with van der Waals surface area (Å²) in [6, 6.07) is 10.0. The average molecular weight is 272 g/mol. The van der Waals surface area contributed by atoms with Gasteiger partial charge in [-0.25, -0.2) is 0 Å². The Morgan fingerprint density at radius 2 is 1.85 bits per heavy atom. The van der Waals surface area contributed by atoms with Gasteiger partial charge in [-0.05, 0) is 55.2 Å². The van der Waals surface area contributed by atoms with Crippen LogP contribution in [0, 0.1) is 5.41 Å². The van der Waals surface area contributed by atoms with Gasteiger partial charge < -0.3 is 10.2 Å². The lowest BCUT2D eigenvalue weighted by Crippen LogP contribution is -2.26. The summed E-state index contributed by atoms with van der Waals surface area (Å²) in [5.41, 5.74) is 3.38. The molecule has 2 aliphatic rings. The normalized spacial score (nSPS) is 21.4. The van der Waals surface area contributed by atoms with Crippen LogP contribution in [-0.2, 0) is 6.54 Å². The second-order valence-electron chi connectivity index (χ2n) is 6.70. The predicted molar refractivity (Wildman–Crippen MR) is 86.1 cm³/mol. The molecule has 2 heteroatoms. The first-order chi connectivity index (χ1) is 9.74. The Balaban J connectivity index is 1.59. The minimum Gasteiger partial charge on any atom is -0.371 e. The molecule has 0 bridgehead atoms. The molecule has 0 aromatic heterocycles. The van der Waals surface area contributed by atoms with Crippen LogP contribution in [0.25, 0.3) is 0 Å². The molecule has 2 nitrogen and oxygen atoms in total. The fraction of sp³-hybridized carbons (Fsp3) is 0.667. The van der Waals surface area contributed by atoms with Crippen LogP contribution < -0.4 is 10.2 Å². The van der Waals surface area contributed by atoms with Crippen molar-refractivity contribution in [2.75, 3.05) is 18.0 Å². The van der Waals surface area contributed by atoms with Gasteiger partial charge in [0.2, 0.25) is 0 Å². The van der Waals surface area contributed by atoms with Gasteiger partial charge in [0.25, 0.3) is 0 Å². The molecular formula is C18H28N2. The Bertz CT molecular complexity index is 429. The SMILES string of the molecule is CCC1(CC)CCN(c2ccc(CNC3CC3)cc2)C1. The zero-order chi connectivity index (χ0) is 14.0. The Hall–Kier alpha value is -1.02. The van der Waals surface area contributed by atoms with Crippen molar-refractivity contribution in [3.05, 3.63) is 29.8 Å². The van der Waals surface area contributed by atoms with Crippen LogP contribution in [0.2, 0.25) is 0 Å². The number of rotatable bonds is 6. The fourth-order valence-electron chi connectivity index (χ4n) is 3.36. The molecule has 1 N–H and O–H groups in total. The van der Waals surface area contributed by atoms with Crippen molar-refractivity contribution < 1.29 is 0 Å². The van der Waals surface area contributed by atoms with Gasteiger partial charge in [-0.2, -0.15) is 0 Å². The molecule has 20 heavy (non-hydrogen) atoms. The Kier molecular flexibility index (Phi) is 4.02.